The number of nitrogens with one attached hydrogen (secondary N) is 1. The van der Waals surface area contributed by atoms with Crippen molar-refractivity contribution >= 4 is 40.5 Å². The molecule has 2 atom stereocenters. The monoisotopic (exact) mass is 435 g/mol. The van der Waals surface area contributed by atoms with Crippen molar-refractivity contribution in [3.8, 4) is 0 Å². The third-order valence-electron chi connectivity index (χ3n) is 4.34. The summed E-state index contributed by atoms with van der Waals surface area (Å²) in [5, 5.41) is 20.2. The van der Waals surface area contributed by atoms with Crippen LogP contribution in [0.3, 0.4) is 0 Å². The fourth-order valence-electron chi connectivity index (χ4n) is 2.83. The van der Waals surface area contributed by atoms with E-state index in [1.807, 2.05) is 6.26 Å². The van der Waals surface area contributed by atoms with Crippen LogP contribution in [0, 0.1) is 0 Å². The highest BCUT2D eigenvalue weighted by Crippen LogP contribution is 2.14. The van der Waals surface area contributed by atoms with E-state index in [9.17, 15) is 19.5 Å². The van der Waals surface area contributed by atoms with Gasteiger partial charge in [-0.2, -0.15) is 16.4 Å². The number of aliphatic imine (C=N–C) groups is 1. The van der Waals surface area contributed by atoms with Crippen molar-refractivity contribution in [3.63, 3.8) is 0 Å². The fraction of sp³-hybridized carbons (Fsp3) is 0.444. The zero-order valence-corrected chi connectivity index (χ0v) is 17.3. The number of carbonyl (C=O) groups is 2. The molecule has 0 bridgehead atoms. The third-order valence-corrected chi connectivity index (χ3v) is 4.99. The molecule has 30 heavy (non-hydrogen) atoms. The van der Waals surface area contributed by atoms with Crippen LogP contribution in [0.5, 0.6) is 0 Å². The average Bonchev–Trinajstić information content (AvgIpc) is 2.71. The van der Waals surface area contributed by atoms with Crippen LogP contribution in [-0.2, 0) is 9.59 Å². The summed E-state index contributed by atoms with van der Waals surface area (Å²) in [6, 6.07) is 4.56. The van der Waals surface area contributed by atoms with Gasteiger partial charge in [0.25, 0.3) is 5.56 Å². The van der Waals surface area contributed by atoms with Gasteiger partial charge in [0.15, 0.2) is 5.96 Å². The molecule has 6 N–H and O–H groups in total. The van der Waals surface area contributed by atoms with Gasteiger partial charge in [0.1, 0.15) is 17.6 Å². The van der Waals surface area contributed by atoms with Crippen LogP contribution in [0.15, 0.2) is 34.1 Å². The zero-order chi connectivity index (χ0) is 22.1. The molecule has 0 aliphatic heterocycles. The molecule has 1 amide bonds. The van der Waals surface area contributed by atoms with E-state index in [1.54, 1.807) is 24.3 Å². The number of rotatable bonds is 11. The summed E-state index contributed by atoms with van der Waals surface area (Å²) in [5.41, 5.74) is 10.5. The Morgan fingerprint density at radius 2 is 2.03 bits per heavy atom. The van der Waals surface area contributed by atoms with Gasteiger partial charge in [0.05, 0.1) is 5.39 Å². The molecule has 2 rings (SSSR count). The molecule has 1 aromatic heterocycles. The summed E-state index contributed by atoms with van der Waals surface area (Å²) < 4.78 is 1.02. The zero-order valence-electron chi connectivity index (χ0n) is 16.5. The van der Waals surface area contributed by atoms with Crippen LogP contribution in [-0.4, -0.2) is 62.5 Å². The predicted octanol–water partition coefficient (Wildman–Crippen LogP) is -0.291. The van der Waals surface area contributed by atoms with Crippen LogP contribution >= 0.6 is 11.8 Å². The van der Waals surface area contributed by atoms with Crippen LogP contribution in [0.4, 0.5) is 0 Å². The van der Waals surface area contributed by atoms with E-state index in [2.05, 4.69) is 20.6 Å². The molecule has 1 aromatic carbocycles. The molecule has 0 aliphatic carbocycles. The molecule has 11 nitrogen and oxygen atoms in total. The number of guanidine groups is 1. The Kier molecular flexibility index (Phi) is 8.59. The molecule has 0 saturated carbocycles. The van der Waals surface area contributed by atoms with E-state index in [0.29, 0.717) is 29.5 Å². The lowest BCUT2D eigenvalue weighted by molar-refractivity contribution is -0.142. The van der Waals surface area contributed by atoms with Gasteiger partial charge in [-0.15, -0.1) is 5.10 Å². The van der Waals surface area contributed by atoms with Crippen LogP contribution in [0.1, 0.15) is 25.3 Å². The first-order chi connectivity index (χ1) is 14.3. The van der Waals surface area contributed by atoms with Crippen molar-refractivity contribution < 1.29 is 14.7 Å². The first kappa shape index (κ1) is 23.1. The number of aliphatic carboxylic acids is 1. The van der Waals surface area contributed by atoms with E-state index in [-0.39, 0.29) is 18.9 Å². The molecule has 12 heteroatoms. The Morgan fingerprint density at radius 3 is 2.70 bits per heavy atom. The maximum absolute atomic E-state index is 12.9. The van der Waals surface area contributed by atoms with Gasteiger partial charge in [-0.3, -0.25) is 14.6 Å². The Bertz CT molecular complexity index is 974. The lowest BCUT2D eigenvalue weighted by Crippen LogP contribution is -2.46. The van der Waals surface area contributed by atoms with Crippen molar-refractivity contribution in [2.75, 3.05) is 18.6 Å². The van der Waals surface area contributed by atoms with Gasteiger partial charge in [-0.1, -0.05) is 17.3 Å². The minimum atomic E-state index is -1.19. The highest BCUT2D eigenvalue weighted by molar-refractivity contribution is 7.98. The Morgan fingerprint density at radius 1 is 1.30 bits per heavy atom. The number of nitrogens with zero attached hydrogens (tertiary/aromatic N) is 4. The fourth-order valence-corrected chi connectivity index (χ4v) is 3.29. The number of amides is 1. The number of thioether (sulfide) groups is 1. The third kappa shape index (κ3) is 6.17. The lowest BCUT2D eigenvalue weighted by Gasteiger charge is -2.21. The quantitative estimate of drug-likeness (QED) is 0.209. The van der Waals surface area contributed by atoms with E-state index in [0.717, 1.165) is 4.68 Å². The topological polar surface area (TPSA) is 179 Å². The summed E-state index contributed by atoms with van der Waals surface area (Å²) in [4.78, 5) is 41.1. The number of nitrogens with two attached hydrogens (primary N) is 2. The number of carbonyl (C=O) groups excluding carboxylic acids is 1. The maximum atomic E-state index is 12.9. The normalized spacial score (nSPS) is 12.8. The standard InChI is InChI=1S/C18H25N7O4S/c1-30-10-8-14(25-16(27)11-5-2-3-6-12(11)23-24-25)15(26)22-13(17(28)29)7-4-9-21-18(19)20/h2-3,5-6,13-14H,4,7-10H2,1H3,(H,22,26)(H,28,29)(H4,19,20,21). The summed E-state index contributed by atoms with van der Waals surface area (Å²) in [7, 11) is 0. The molecule has 0 fully saturated rings. The van der Waals surface area contributed by atoms with Gasteiger partial charge in [0, 0.05) is 6.54 Å². The number of carboxylic acid groups (broad SMARTS) is 1. The van der Waals surface area contributed by atoms with Crippen LogP contribution < -0.4 is 22.3 Å². The minimum Gasteiger partial charge on any atom is -0.480 e. The van der Waals surface area contributed by atoms with Gasteiger partial charge in [0.2, 0.25) is 5.91 Å². The van der Waals surface area contributed by atoms with Gasteiger partial charge in [-0.25, -0.2) is 4.79 Å². The molecule has 0 radical (unpaired) electrons. The molecule has 0 aliphatic rings. The first-order valence-corrected chi connectivity index (χ1v) is 10.7. The second-order valence-corrected chi connectivity index (χ2v) is 7.49. The van der Waals surface area contributed by atoms with Gasteiger partial charge < -0.3 is 21.9 Å². The Labute approximate surface area is 176 Å². The second kappa shape index (κ2) is 11.1. The van der Waals surface area contributed by atoms with Gasteiger partial charge >= 0.3 is 5.97 Å². The molecular formula is C18H25N7O4S. The highest BCUT2D eigenvalue weighted by Gasteiger charge is 2.28. The SMILES string of the molecule is CSCCC(C(=O)NC(CCCN=C(N)N)C(=O)O)n1nnc2ccccc2c1=O. The summed E-state index contributed by atoms with van der Waals surface area (Å²) in [6.45, 7) is 0.244. The van der Waals surface area contributed by atoms with E-state index in [1.165, 1.54) is 11.8 Å². The van der Waals surface area contributed by atoms with Crippen molar-refractivity contribution in [3.05, 3.63) is 34.6 Å². The molecule has 0 saturated heterocycles. The molecule has 162 valence electrons. The summed E-state index contributed by atoms with van der Waals surface area (Å²) in [5.74, 6) is -1.31. The van der Waals surface area contributed by atoms with Crippen molar-refractivity contribution in [1.82, 2.24) is 20.3 Å². The minimum absolute atomic E-state index is 0.0858. The van der Waals surface area contributed by atoms with E-state index in [4.69, 9.17) is 11.5 Å². The van der Waals surface area contributed by atoms with E-state index < -0.39 is 29.5 Å². The number of hydrogen-bond acceptors (Lipinski definition) is 7. The Balaban J connectivity index is 2.24. The largest absolute Gasteiger partial charge is 0.480 e. The number of aromatic nitrogens is 3. The summed E-state index contributed by atoms with van der Waals surface area (Å²) in [6.07, 6.45) is 2.65. The number of hydrogen-bond donors (Lipinski definition) is 4. The van der Waals surface area contributed by atoms with E-state index >= 15 is 0 Å². The number of fused-ring (bicyclic) bond motifs is 1. The van der Waals surface area contributed by atoms with Crippen molar-refractivity contribution in [1.29, 1.82) is 0 Å². The lowest BCUT2D eigenvalue weighted by atomic mass is 10.1. The first-order valence-electron chi connectivity index (χ1n) is 9.27. The molecular weight excluding hydrogens is 410 g/mol. The van der Waals surface area contributed by atoms with Crippen molar-refractivity contribution in [2.24, 2.45) is 16.5 Å². The molecule has 2 aromatic rings. The van der Waals surface area contributed by atoms with Crippen LogP contribution in [0.25, 0.3) is 10.9 Å². The van der Waals surface area contributed by atoms with Crippen LogP contribution in [0.2, 0.25) is 0 Å². The van der Waals surface area contributed by atoms with Gasteiger partial charge in [-0.05, 0) is 43.4 Å². The molecule has 2 unspecified atom stereocenters. The predicted molar refractivity (Wildman–Crippen MR) is 115 cm³/mol. The average molecular weight is 436 g/mol. The molecule has 1 heterocycles. The maximum Gasteiger partial charge on any atom is 0.326 e. The number of benzene rings is 1. The Hall–Kier alpha value is -3.15. The second-order valence-electron chi connectivity index (χ2n) is 6.50. The number of carboxylic acids is 1. The smallest absolute Gasteiger partial charge is 0.326 e. The molecule has 0 spiro atoms. The van der Waals surface area contributed by atoms with Crippen molar-refractivity contribution in [2.45, 2.75) is 31.3 Å². The highest BCUT2D eigenvalue weighted by atomic mass is 32.2. The summed E-state index contributed by atoms with van der Waals surface area (Å²) >= 11 is 1.50.